The fraction of sp³-hybridized carbons (Fsp3) is 0.688. The van der Waals surface area contributed by atoms with E-state index in [1.807, 2.05) is 27.3 Å². The first-order valence-electron chi connectivity index (χ1n) is 10.9. The monoisotopic (exact) mass is 1000 g/mol. The third-order valence-corrected chi connectivity index (χ3v) is 3.71. The summed E-state index contributed by atoms with van der Waals surface area (Å²) in [5, 5.41) is 5.49. The molecule has 0 aliphatic carbocycles. The van der Waals surface area contributed by atoms with Gasteiger partial charge in [-0.3, -0.25) is 4.79 Å². The van der Waals surface area contributed by atoms with Crippen LogP contribution in [0, 0.1) is 27.7 Å². The summed E-state index contributed by atoms with van der Waals surface area (Å²) >= 11 is 0. The molecular weight excluding hydrogens is 926 g/mol. The second-order valence-electron chi connectivity index (χ2n) is 6.32. The molecule has 1 atom stereocenters. The zero-order valence-electron chi connectivity index (χ0n) is 24.2. The Balaban J connectivity index is -0.0000000203. The molecule has 0 aliphatic rings. The van der Waals surface area contributed by atoms with Crippen LogP contribution in [0.1, 0.15) is 92.0 Å². The quantitative estimate of drug-likeness (QED) is 0.146. The van der Waals surface area contributed by atoms with E-state index >= 15 is 0 Å². The average molecular weight is 1000 g/mol. The molecule has 0 aromatic rings. The fourth-order valence-electron chi connectivity index (χ4n) is 1.96. The number of rotatable bonds is 15. The first-order chi connectivity index (χ1) is 17.3. The van der Waals surface area contributed by atoms with Gasteiger partial charge in [-0.05, 0) is 26.2 Å². The van der Waals surface area contributed by atoms with E-state index in [4.69, 9.17) is 28.6 Å². The molecule has 0 aromatic carbocycles. The second kappa shape index (κ2) is 104. The molecule has 0 saturated carbocycles. The summed E-state index contributed by atoms with van der Waals surface area (Å²) in [6.07, 6.45) is 2.46. The number of ether oxygens (including phenoxy) is 3. The molecule has 16 heteroatoms. The van der Waals surface area contributed by atoms with Gasteiger partial charge in [0.1, 0.15) is 27.0 Å². The predicted molar refractivity (Wildman–Crippen MR) is 191 cm³/mol. The van der Waals surface area contributed by atoms with Crippen molar-refractivity contribution in [3.63, 3.8) is 0 Å². The molecular formula is C32H77N3O9Y4-4. The van der Waals surface area contributed by atoms with Gasteiger partial charge in [-0.15, -0.1) is 6.42 Å². The van der Waals surface area contributed by atoms with Gasteiger partial charge in [0.05, 0.1) is 19.1 Å². The maximum absolute atomic E-state index is 11.2. The Kier molecular flexibility index (Phi) is 238. The average Bonchev–Trinajstić information content (AvgIpc) is 2.90. The second-order valence-corrected chi connectivity index (χ2v) is 6.32. The van der Waals surface area contributed by atoms with Gasteiger partial charge in [0.2, 0.25) is 0 Å². The van der Waals surface area contributed by atoms with Gasteiger partial charge in [-0.1, -0.05) is 72.6 Å². The molecule has 48 heavy (non-hydrogen) atoms. The largest absolute Gasteiger partial charge is 0.447 e. The zero-order valence-corrected chi connectivity index (χ0v) is 35.6. The van der Waals surface area contributed by atoms with Gasteiger partial charge in [-0.2, -0.15) is 0 Å². The number of hydrogen-bond donors (Lipinski definition) is 2. The van der Waals surface area contributed by atoms with Gasteiger partial charge in [0, 0.05) is 157 Å². The number of hydrogen-bond acceptors (Lipinski definition) is 9. The van der Waals surface area contributed by atoms with Crippen LogP contribution in [0.2, 0.25) is 0 Å². The van der Waals surface area contributed by atoms with Gasteiger partial charge >= 0.3 is 6.09 Å². The van der Waals surface area contributed by atoms with Crippen molar-refractivity contribution in [2.24, 2.45) is 0 Å². The van der Waals surface area contributed by atoms with E-state index in [-0.39, 0.29) is 221 Å². The van der Waals surface area contributed by atoms with Crippen molar-refractivity contribution in [1.29, 1.82) is 0 Å². The van der Waals surface area contributed by atoms with Crippen molar-refractivity contribution in [1.82, 2.24) is 15.5 Å². The van der Waals surface area contributed by atoms with Crippen LogP contribution < -0.4 is 10.6 Å². The third kappa shape index (κ3) is 110. The van der Waals surface area contributed by atoms with E-state index in [2.05, 4.69) is 38.3 Å². The summed E-state index contributed by atoms with van der Waals surface area (Å²) in [6, 6.07) is 0.135. The van der Waals surface area contributed by atoms with Crippen molar-refractivity contribution < 1.29 is 174 Å². The van der Waals surface area contributed by atoms with E-state index in [1.54, 1.807) is 7.05 Å². The van der Waals surface area contributed by atoms with Crippen molar-refractivity contribution in [2.75, 3.05) is 53.2 Å². The number of carbonyl (C=O) groups excluding carboxylic acids is 6. The molecule has 2 N–H and O–H groups in total. The van der Waals surface area contributed by atoms with Crippen LogP contribution in [-0.4, -0.2) is 102 Å². The maximum atomic E-state index is 11.2. The summed E-state index contributed by atoms with van der Waals surface area (Å²) in [7, 11) is 1.68. The normalized spacial score (nSPS) is 7.10. The SMILES string of the molecule is C.C.C.C.C.C.C.C.C=O.C=O.C=O.[CH2-]COCCN(C)C([CH2-])=O.[CH2-]COCCOC(=O)NCCCCC(C)NC(=O)C[CH2-].[Y].[Y].[Y].[Y]. The molecule has 0 heterocycles. The fourth-order valence-corrected chi connectivity index (χ4v) is 1.96. The third-order valence-electron chi connectivity index (χ3n) is 3.71. The number of unbranched alkanes of at least 4 members (excludes halogenated alkanes) is 1. The van der Waals surface area contributed by atoms with Crippen LogP contribution in [0.15, 0.2) is 0 Å². The summed E-state index contributed by atoms with van der Waals surface area (Å²) in [6.45, 7) is 24.8. The topological polar surface area (TPSA) is 157 Å². The molecule has 3 amide bonds. The van der Waals surface area contributed by atoms with Crippen LogP contribution in [0.5, 0.6) is 0 Å². The van der Waals surface area contributed by atoms with Gasteiger partial charge in [0.15, 0.2) is 5.91 Å². The number of alkyl carbamates (subject to hydrolysis) is 1. The van der Waals surface area contributed by atoms with Crippen LogP contribution in [0.4, 0.5) is 4.79 Å². The maximum Gasteiger partial charge on any atom is 0.407 e. The molecule has 0 aliphatic heterocycles. The molecule has 0 fully saturated rings. The van der Waals surface area contributed by atoms with Crippen LogP contribution in [-0.2, 0) is 169 Å². The van der Waals surface area contributed by atoms with Crippen LogP contribution >= 0.6 is 0 Å². The minimum absolute atomic E-state index is 0. The number of nitrogens with one attached hydrogen (secondary N) is 2. The molecule has 12 nitrogen and oxygen atoms in total. The smallest absolute Gasteiger partial charge is 0.407 e. The molecule has 290 valence electrons. The summed E-state index contributed by atoms with van der Waals surface area (Å²) in [4.78, 5) is 58.3. The van der Waals surface area contributed by atoms with Crippen LogP contribution in [0.3, 0.4) is 0 Å². The first kappa shape index (κ1) is 110. The predicted octanol–water partition coefficient (Wildman–Crippen LogP) is 6.12. The number of nitrogens with zero attached hydrogens (tertiary/aromatic N) is 1. The number of carbonyl (C=O) groups is 6. The van der Waals surface area contributed by atoms with E-state index in [9.17, 15) is 14.4 Å². The molecule has 0 bridgehead atoms. The standard InChI is InChI=1S/C14H26N2O4.C7H13NO2.3CH2O.8CH4.4Y/c1-4-13(17)16-12(3)8-6-7-9-15-14(18)20-11-10-19-5-2;1-4-10-6-5-8(3)7(2)9;3*1-2;;;;;;;;;;;;/h12H,1-2,4-11H2,3H3,(H,15,18)(H,16,17);1-2,4-6H2,3H3;3*1H2;8*1H4;;;;/q2*-2;;;;;;;;;;;;;;;. The van der Waals surface area contributed by atoms with Crippen molar-refractivity contribution in [3.05, 3.63) is 27.7 Å². The van der Waals surface area contributed by atoms with E-state index in [0.717, 1.165) is 19.3 Å². The van der Waals surface area contributed by atoms with Crippen LogP contribution in [0.25, 0.3) is 0 Å². The molecule has 4 radical (unpaired) electrons. The Hall–Kier alpha value is 1.43. The molecule has 0 saturated heterocycles. The van der Waals surface area contributed by atoms with E-state index < -0.39 is 6.09 Å². The Labute approximate surface area is 401 Å². The first-order valence-corrected chi connectivity index (χ1v) is 10.9. The molecule has 0 aromatic heterocycles. The Morgan fingerprint density at radius 2 is 1.10 bits per heavy atom. The Morgan fingerprint density at radius 1 is 0.708 bits per heavy atom. The molecule has 0 spiro atoms. The van der Waals surface area contributed by atoms with Gasteiger partial charge in [0.25, 0.3) is 0 Å². The zero-order chi connectivity index (χ0) is 29.2. The summed E-state index contributed by atoms with van der Waals surface area (Å²) in [5.41, 5.74) is 0. The minimum Gasteiger partial charge on any atom is -0.447 e. The Morgan fingerprint density at radius 3 is 1.46 bits per heavy atom. The van der Waals surface area contributed by atoms with Gasteiger partial charge in [-0.25, -0.2) is 4.79 Å². The summed E-state index contributed by atoms with van der Waals surface area (Å²) in [5.74, 6) is -0.226. The van der Waals surface area contributed by atoms with Crippen molar-refractivity contribution in [2.45, 2.75) is 98.1 Å². The molecule has 0 rings (SSSR count). The van der Waals surface area contributed by atoms with Crippen molar-refractivity contribution in [3.8, 4) is 0 Å². The summed E-state index contributed by atoms with van der Waals surface area (Å²) < 4.78 is 14.7. The van der Waals surface area contributed by atoms with E-state index in [1.165, 1.54) is 4.90 Å². The number of likely N-dealkylation sites (N-methyl/N-ethyl adjacent to an activating group) is 1. The minimum atomic E-state index is -0.434. The van der Waals surface area contributed by atoms with Crippen molar-refractivity contribution >= 4 is 38.3 Å². The van der Waals surface area contributed by atoms with Gasteiger partial charge < -0.3 is 76.6 Å². The van der Waals surface area contributed by atoms with E-state index in [0.29, 0.717) is 39.5 Å². The molecule has 1 unspecified atom stereocenters. The Bertz CT molecular complexity index is 517. The number of amides is 3.